The predicted octanol–water partition coefficient (Wildman–Crippen LogP) is 0.813. The van der Waals surface area contributed by atoms with E-state index >= 15 is 0 Å². The van der Waals surface area contributed by atoms with Gasteiger partial charge in [-0.05, 0) is 6.42 Å². The largest absolute Gasteiger partial charge is 0.411 e. The minimum Gasteiger partial charge on any atom is -0.411 e. The van der Waals surface area contributed by atoms with Gasteiger partial charge in [-0.1, -0.05) is 25.9 Å². The van der Waals surface area contributed by atoms with E-state index in [1.807, 2.05) is 20.8 Å². The Morgan fingerprint density at radius 3 is 2.36 bits per heavy atom. The van der Waals surface area contributed by atoms with Gasteiger partial charge in [-0.3, -0.25) is 4.79 Å². The van der Waals surface area contributed by atoms with Gasteiger partial charge in [0.15, 0.2) is 5.78 Å². The van der Waals surface area contributed by atoms with E-state index < -0.39 is 16.9 Å². The van der Waals surface area contributed by atoms with Crippen LogP contribution < -0.4 is 0 Å². The molecule has 2 rings (SSSR count). The zero-order valence-electron chi connectivity index (χ0n) is 8.61. The molecule has 0 amide bonds. The number of carbonyl (C=O) groups excluding carboxylic acids is 1. The molecule has 3 unspecified atom stereocenters. The molecular weight excluding hydrogens is 182 g/mol. The molecule has 0 aliphatic heterocycles. The highest BCUT2D eigenvalue weighted by atomic mass is 16.4. The lowest BCUT2D eigenvalue weighted by atomic mass is 9.56. The van der Waals surface area contributed by atoms with E-state index in [9.17, 15) is 9.90 Å². The quantitative estimate of drug-likeness (QED) is 0.446. The Hall–Kier alpha value is -0.900. The Morgan fingerprint density at radius 2 is 2.00 bits per heavy atom. The first-order valence-corrected chi connectivity index (χ1v) is 4.81. The van der Waals surface area contributed by atoms with Crippen LogP contribution in [0.5, 0.6) is 0 Å². The molecule has 2 N–H and O–H groups in total. The number of hydrogen-bond donors (Lipinski definition) is 2. The minimum absolute atomic E-state index is 0.103. The molecule has 4 heteroatoms. The molecule has 2 saturated carbocycles. The SMILES string of the molecule is CC12CC(O)C1C(C)(C)/C(=N/O)C2=O. The van der Waals surface area contributed by atoms with Crippen LogP contribution >= 0.6 is 0 Å². The fourth-order valence-electron chi connectivity index (χ4n) is 3.34. The zero-order valence-corrected chi connectivity index (χ0v) is 8.61. The van der Waals surface area contributed by atoms with E-state index in [0.29, 0.717) is 6.42 Å². The fourth-order valence-corrected chi connectivity index (χ4v) is 3.34. The van der Waals surface area contributed by atoms with Crippen LogP contribution in [0.4, 0.5) is 0 Å². The van der Waals surface area contributed by atoms with Gasteiger partial charge in [-0.25, -0.2) is 0 Å². The van der Waals surface area contributed by atoms with Crippen molar-refractivity contribution in [2.75, 3.05) is 0 Å². The lowest BCUT2D eigenvalue weighted by Crippen LogP contribution is -2.53. The maximum Gasteiger partial charge on any atom is 0.187 e. The minimum atomic E-state index is -0.516. The monoisotopic (exact) mass is 197 g/mol. The number of ketones is 1. The molecule has 0 saturated heterocycles. The fraction of sp³-hybridized carbons (Fsp3) is 0.800. The molecule has 0 spiro atoms. The van der Waals surface area contributed by atoms with Crippen molar-refractivity contribution < 1.29 is 15.1 Å². The summed E-state index contributed by atoms with van der Waals surface area (Å²) < 4.78 is 0. The van der Waals surface area contributed by atoms with Crippen LogP contribution in [-0.4, -0.2) is 27.9 Å². The van der Waals surface area contributed by atoms with Gasteiger partial charge in [0.2, 0.25) is 0 Å². The standard InChI is InChI=1S/C10H15NO3/c1-9(2)6-5(12)4-10(6,3)8(13)7(9)11-14/h5-6,12,14H,4H2,1-3H3/b11-7+. The number of Topliss-reactive ketones (excluding diaryl/α,β-unsaturated/α-hetero) is 1. The Morgan fingerprint density at radius 1 is 1.43 bits per heavy atom. The molecule has 4 nitrogen and oxygen atoms in total. The topological polar surface area (TPSA) is 69.9 Å². The molecular formula is C10H15NO3. The normalized spacial score (nSPS) is 47.7. The maximum atomic E-state index is 11.9. The number of fused-ring (bicyclic) bond motifs is 1. The third-order valence-electron chi connectivity index (χ3n) is 3.93. The second-order valence-corrected chi connectivity index (χ2v) is 5.17. The summed E-state index contributed by atoms with van der Waals surface area (Å²) in [4.78, 5) is 11.9. The van der Waals surface area contributed by atoms with Gasteiger partial charge >= 0.3 is 0 Å². The molecule has 2 aliphatic carbocycles. The predicted molar refractivity (Wildman–Crippen MR) is 50.2 cm³/mol. The summed E-state index contributed by atoms with van der Waals surface area (Å²) in [5.74, 6) is -0.214. The molecule has 0 radical (unpaired) electrons. The van der Waals surface area contributed by atoms with E-state index in [-0.39, 0.29) is 17.4 Å². The second kappa shape index (κ2) is 2.37. The summed E-state index contributed by atoms with van der Waals surface area (Å²) in [5.41, 5.74) is -0.815. The number of nitrogens with zero attached hydrogens (tertiary/aromatic N) is 1. The van der Waals surface area contributed by atoms with Gasteiger partial charge in [0, 0.05) is 16.7 Å². The van der Waals surface area contributed by atoms with Gasteiger partial charge in [-0.2, -0.15) is 0 Å². The van der Waals surface area contributed by atoms with E-state index in [1.165, 1.54) is 0 Å². The Balaban J connectivity index is 2.52. The van der Waals surface area contributed by atoms with E-state index in [4.69, 9.17) is 5.21 Å². The second-order valence-electron chi connectivity index (χ2n) is 5.17. The number of aliphatic hydroxyl groups is 1. The Labute approximate surface area is 82.6 Å². The van der Waals surface area contributed by atoms with Crippen molar-refractivity contribution in [2.45, 2.75) is 33.3 Å². The molecule has 0 heterocycles. The molecule has 0 aromatic rings. The maximum absolute atomic E-state index is 11.9. The first-order valence-electron chi connectivity index (χ1n) is 4.81. The smallest absolute Gasteiger partial charge is 0.187 e. The molecule has 0 aromatic heterocycles. The van der Waals surface area contributed by atoms with Crippen LogP contribution in [0.2, 0.25) is 0 Å². The molecule has 78 valence electrons. The van der Waals surface area contributed by atoms with Crippen LogP contribution in [0, 0.1) is 16.7 Å². The zero-order chi connectivity index (χ0) is 10.7. The van der Waals surface area contributed by atoms with Gasteiger partial charge < -0.3 is 10.3 Å². The van der Waals surface area contributed by atoms with Crippen LogP contribution in [0.25, 0.3) is 0 Å². The number of oxime groups is 1. The van der Waals surface area contributed by atoms with Gasteiger partial charge in [0.1, 0.15) is 5.71 Å². The number of rotatable bonds is 0. The molecule has 0 bridgehead atoms. The van der Waals surface area contributed by atoms with Crippen molar-refractivity contribution in [3.63, 3.8) is 0 Å². The van der Waals surface area contributed by atoms with E-state index in [0.717, 1.165) is 0 Å². The van der Waals surface area contributed by atoms with Crippen molar-refractivity contribution in [3.05, 3.63) is 0 Å². The van der Waals surface area contributed by atoms with E-state index in [2.05, 4.69) is 5.16 Å². The molecule has 3 atom stereocenters. The number of carbonyl (C=O) groups is 1. The lowest BCUT2D eigenvalue weighted by Gasteiger charge is -2.49. The first-order chi connectivity index (χ1) is 6.35. The molecule has 2 fully saturated rings. The lowest BCUT2D eigenvalue weighted by molar-refractivity contribution is -0.148. The van der Waals surface area contributed by atoms with Crippen molar-refractivity contribution in [3.8, 4) is 0 Å². The van der Waals surface area contributed by atoms with Crippen molar-refractivity contribution in [1.29, 1.82) is 0 Å². The van der Waals surface area contributed by atoms with Crippen LogP contribution in [0.15, 0.2) is 5.16 Å². The Kier molecular flexibility index (Phi) is 1.63. The van der Waals surface area contributed by atoms with Crippen molar-refractivity contribution in [1.82, 2.24) is 0 Å². The molecule has 14 heavy (non-hydrogen) atoms. The molecule has 0 aromatic carbocycles. The van der Waals surface area contributed by atoms with Crippen LogP contribution in [0.3, 0.4) is 0 Å². The van der Waals surface area contributed by atoms with Gasteiger partial charge in [0.05, 0.1) is 6.10 Å². The van der Waals surface area contributed by atoms with Gasteiger partial charge in [-0.15, -0.1) is 0 Å². The highest BCUT2D eigenvalue weighted by Gasteiger charge is 2.69. The van der Waals surface area contributed by atoms with Crippen LogP contribution in [-0.2, 0) is 4.79 Å². The van der Waals surface area contributed by atoms with Gasteiger partial charge in [0.25, 0.3) is 0 Å². The summed E-state index contributed by atoms with van der Waals surface area (Å²) in [5, 5.41) is 21.6. The number of hydrogen-bond acceptors (Lipinski definition) is 4. The first kappa shape index (κ1) is 9.65. The summed E-state index contributed by atoms with van der Waals surface area (Å²) in [7, 11) is 0. The molecule has 2 aliphatic rings. The van der Waals surface area contributed by atoms with E-state index in [1.54, 1.807) is 0 Å². The summed E-state index contributed by atoms with van der Waals surface area (Å²) >= 11 is 0. The summed E-state index contributed by atoms with van der Waals surface area (Å²) in [6.45, 7) is 5.53. The van der Waals surface area contributed by atoms with Crippen molar-refractivity contribution in [2.24, 2.45) is 21.9 Å². The highest BCUT2D eigenvalue weighted by Crippen LogP contribution is 2.61. The average Bonchev–Trinajstić information content (AvgIpc) is 2.12. The summed E-state index contributed by atoms with van der Waals surface area (Å²) in [6.07, 6.45) is 0.0390. The van der Waals surface area contributed by atoms with Crippen molar-refractivity contribution >= 4 is 11.5 Å². The Bertz CT molecular complexity index is 334. The summed E-state index contributed by atoms with van der Waals surface area (Å²) in [6, 6.07) is 0. The van der Waals surface area contributed by atoms with Crippen LogP contribution in [0.1, 0.15) is 27.2 Å². The third-order valence-corrected chi connectivity index (χ3v) is 3.93. The highest BCUT2D eigenvalue weighted by molar-refractivity contribution is 6.46. The average molecular weight is 197 g/mol. The number of aliphatic hydroxyl groups excluding tert-OH is 1. The third kappa shape index (κ3) is 0.780.